The van der Waals surface area contributed by atoms with Crippen molar-refractivity contribution in [1.82, 2.24) is 9.88 Å². The zero-order chi connectivity index (χ0) is 19.3. The lowest BCUT2D eigenvalue weighted by atomic mass is 10.1. The molecule has 0 amide bonds. The normalized spacial score (nSPS) is 11.2. The predicted octanol–water partition coefficient (Wildman–Crippen LogP) is 5.18. The number of hydrogen-bond donors (Lipinski definition) is 0. The third-order valence-electron chi connectivity index (χ3n) is 4.93. The van der Waals surface area contributed by atoms with E-state index >= 15 is 0 Å². The largest absolute Gasteiger partial charge is 0.493 e. The SMILES string of the molecule is COc1ccc(CN(C)CCc2ccccn2)c2cc(-c3ccccc3)oc12. The van der Waals surface area contributed by atoms with Gasteiger partial charge < -0.3 is 14.1 Å². The van der Waals surface area contributed by atoms with Crippen LogP contribution in [-0.4, -0.2) is 30.6 Å². The molecule has 0 radical (unpaired) electrons. The van der Waals surface area contributed by atoms with Crippen molar-refractivity contribution in [3.63, 3.8) is 0 Å². The van der Waals surface area contributed by atoms with Crippen LogP contribution in [0.3, 0.4) is 0 Å². The van der Waals surface area contributed by atoms with Gasteiger partial charge in [-0.1, -0.05) is 42.5 Å². The topological polar surface area (TPSA) is 38.5 Å². The van der Waals surface area contributed by atoms with Gasteiger partial charge in [0.15, 0.2) is 11.3 Å². The molecule has 0 aliphatic heterocycles. The summed E-state index contributed by atoms with van der Waals surface area (Å²) in [7, 11) is 3.81. The summed E-state index contributed by atoms with van der Waals surface area (Å²) in [4.78, 5) is 6.72. The van der Waals surface area contributed by atoms with E-state index in [1.807, 2.05) is 42.6 Å². The van der Waals surface area contributed by atoms with Gasteiger partial charge in [0.25, 0.3) is 0 Å². The van der Waals surface area contributed by atoms with Crippen molar-refractivity contribution in [3.8, 4) is 17.1 Å². The van der Waals surface area contributed by atoms with Crippen molar-refractivity contribution in [2.75, 3.05) is 20.7 Å². The summed E-state index contributed by atoms with van der Waals surface area (Å²) in [5.74, 6) is 1.62. The highest BCUT2D eigenvalue weighted by atomic mass is 16.5. The van der Waals surface area contributed by atoms with Gasteiger partial charge in [-0.25, -0.2) is 0 Å². The number of ether oxygens (including phenoxy) is 1. The van der Waals surface area contributed by atoms with E-state index in [0.717, 1.165) is 53.2 Å². The van der Waals surface area contributed by atoms with Crippen LogP contribution in [0.5, 0.6) is 5.75 Å². The molecule has 0 spiro atoms. The number of rotatable bonds is 7. The maximum Gasteiger partial charge on any atom is 0.176 e. The molecule has 4 heteroatoms. The highest BCUT2D eigenvalue weighted by Gasteiger charge is 2.15. The Balaban J connectivity index is 1.59. The summed E-state index contributed by atoms with van der Waals surface area (Å²) in [6.45, 7) is 1.77. The van der Waals surface area contributed by atoms with Crippen LogP contribution in [0.4, 0.5) is 0 Å². The first kappa shape index (κ1) is 18.3. The standard InChI is InChI=1S/C24H24N2O2/c1-26(15-13-20-10-6-7-14-25-20)17-19-11-12-22(27-2)24-21(19)16-23(28-24)18-8-4-3-5-9-18/h3-12,14,16H,13,15,17H2,1-2H3. The lowest BCUT2D eigenvalue weighted by molar-refractivity contribution is 0.331. The van der Waals surface area contributed by atoms with Crippen molar-refractivity contribution in [2.45, 2.75) is 13.0 Å². The summed E-state index contributed by atoms with van der Waals surface area (Å²) in [6.07, 6.45) is 2.77. The van der Waals surface area contributed by atoms with Crippen molar-refractivity contribution < 1.29 is 9.15 Å². The smallest absolute Gasteiger partial charge is 0.176 e. The number of fused-ring (bicyclic) bond motifs is 1. The lowest BCUT2D eigenvalue weighted by Crippen LogP contribution is -2.21. The van der Waals surface area contributed by atoms with Gasteiger partial charge in [-0.2, -0.15) is 0 Å². The fourth-order valence-electron chi connectivity index (χ4n) is 3.42. The van der Waals surface area contributed by atoms with Crippen LogP contribution in [0.1, 0.15) is 11.3 Å². The molecule has 0 N–H and O–H groups in total. The first-order valence-electron chi connectivity index (χ1n) is 9.48. The Hall–Kier alpha value is -3.11. The first-order valence-corrected chi connectivity index (χ1v) is 9.48. The Bertz CT molecular complexity index is 1040. The molecule has 142 valence electrons. The van der Waals surface area contributed by atoms with Crippen molar-refractivity contribution in [3.05, 3.63) is 84.2 Å². The predicted molar refractivity (Wildman–Crippen MR) is 112 cm³/mol. The minimum absolute atomic E-state index is 0.761. The van der Waals surface area contributed by atoms with E-state index in [4.69, 9.17) is 9.15 Å². The van der Waals surface area contributed by atoms with E-state index in [0.29, 0.717) is 0 Å². The van der Waals surface area contributed by atoms with E-state index in [1.54, 1.807) is 7.11 Å². The Morgan fingerprint density at radius 1 is 1.00 bits per heavy atom. The van der Waals surface area contributed by atoms with Crippen LogP contribution in [0, 0.1) is 0 Å². The summed E-state index contributed by atoms with van der Waals surface area (Å²) >= 11 is 0. The Morgan fingerprint density at radius 3 is 2.57 bits per heavy atom. The minimum Gasteiger partial charge on any atom is -0.493 e. The van der Waals surface area contributed by atoms with Crippen LogP contribution in [0.15, 0.2) is 77.3 Å². The summed E-state index contributed by atoms with van der Waals surface area (Å²) in [5, 5.41) is 1.10. The van der Waals surface area contributed by atoms with E-state index in [2.05, 4.69) is 47.3 Å². The number of hydrogen-bond acceptors (Lipinski definition) is 4. The number of likely N-dealkylation sites (N-methyl/N-ethyl adjacent to an activating group) is 1. The number of benzene rings is 2. The van der Waals surface area contributed by atoms with E-state index in [1.165, 1.54) is 5.56 Å². The molecule has 0 aliphatic carbocycles. The summed E-state index contributed by atoms with van der Waals surface area (Å²) in [5.41, 5.74) is 4.21. The molecule has 0 fully saturated rings. The summed E-state index contributed by atoms with van der Waals surface area (Å²) < 4.78 is 11.7. The van der Waals surface area contributed by atoms with E-state index in [9.17, 15) is 0 Å². The number of methoxy groups -OCH3 is 1. The van der Waals surface area contributed by atoms with Crippen LogP contribution < -0.4 is 4.74 Å². The molecule has 28 heavy (non-hydrogen) atoms. The molecule has 0 bridgehead atoms. The Kier molecular flexibility index (Phi) is 5.40. The molecule has 0 atom stereocenters. The van der Waals surface area contributed by atoms with Gasteiger partial charge in [0, 0.05) is 42.4 Å². The number of aromatic nitrogens is 1. The molecular formula is C24H24N2O2. The van der Waals surface area contributed by atoms with E-state index in [-0.39, 0.29) is 0 Å². The molecule has 0 unspecified atom stereocenters. The lowest BCUT2D eigenvalue weighted by Gasteiger charge is -2.17. The van der Waals surface area contributed by atoms with Crippen LogP contribution in [0.25, 0.3) is 22.3 Å². The molecule has 2 heterocycles. The third kappa shape index (κ3) is 3.92. The molecule has 0 aliphatic rings. The maximum absolute atomic E-state index is 6.17. The third-order valence-corrected chi connectivity index (χ3v) is 4.93. The van der Waals surface area contributed by atoms with Crippen molar-refractivity contribution in [1.29, 1.82) is 0 Å². The molecule has 2 aromatic carbocycles. The molecule has 4 aromatic rings. The fourth-order valence-corrected chi connectivity index (χ4v) is 3.42. The van der Waals surface area contributed by atoms with Crippen LogP contribution in [0.2, 0.25) is 0 Å². The second-order valence-electron chi connectivity index (χ2n) is 6.96. The van der Waals surface area contributed by atoms with Gasteiger partial charge in [-0.05, 0) is 36.9 Å². The van der Waals surface area contributed by atoms with Gasteiger partial charge in [-0.15, -0.1) is 0 Å². The molecule has 4 rings (SSSR count). The number of nitrogens with zero attached hydrogens (tertiary/aromatic N) is 2. The highest BCUT2D eigenvalue weighted by molar-refractivity contribution is 5.90. The molecule has 0 saturated heterocycles. The molecule has 0 saturated carbocycles. The second kappa shape index (κ2) is 8.28. The second-order valence-corrected chi connectivity index (χ2v) is 6.96. The fraction of sp³-hybridized carbons (Fsp3) is 0.208. The monoisotopic (exact) mass is 372 g/mol. The zero-order valence-corrected chi connectivity index (χ0v) is 16.3. The van der Waals surface area contributed by atoms with Gasteiger partial charge in [0.2, 0.25) is 0 Å². The van der Waals surface area contributed by atoms with E-state index < -0.39 is 0 Å². The highest BCUT2D eigenvalue weighted by Crippen LogP contribution is 2.35. The Labute approximate surface area is 165 Å². The summed E-state index contributed by atoms with van der Waals surface area (Å²) in [6, 6.07) is 22.5. The van der Waals surface area contributed by atoms with Crippen molar-refractivity contribution >= 4 is 11.0 Å². The Morgan fingerprint density at radius 2 is 1.82 bits per heavy atom. The van der Waals surface area contributed by atoms with Gasteiger partial charge in [-0.3, -0.25) is 4.98 Å². The quantitative estimate of drug-likeness (QED) is 0.448. The number of furan rings is 1. The first-order chi connectivity index (χ1) is 13.7. The zero-order valence-electron chi connectivity index (χ0n) is 16.3. The van der Waals surface area contributed by atoms with Gasteiger partial charge >= 0.3 is 0 Å². The molecule has 4 nitrogen and oxygen atoms in total. The van der Waals surface area contributed by atoms with Crippen molar-refractivity contribution in [2.24, 2.45) is 0 Å². The molecule has 2 aromatic heterocycles. The number of pyridine rings is 1. The maximum atomic E-state index is 6.17. The minimum atomic E-state index is 0.761. The van der Waals surface area contributed by atoms with Gasteiger partial charge in [0.05, 0.1) is 7.11 Å². The van der Waals surface area contributed by atoms with Crippen LogP contribution in [-0.2, 0) is 13.0 Å². The van der Waals surface area contributed by atoms with Crippen LogP contribution >= 0.6 is 0 Å². The average molecular weight is 372 g/mol. The molecular weight excluding hydrogens is 348 g/mol. The van der Waals surface area contributed by atoms with Gasteiger partial charge in [0.1, 0.15) is 5.76 Å². The average Bonchev–Trinajstić information content (AvgIpc) is 3.20.